The van der Waals surface area contributed by atoms with Gasteiger partial charge in [-0.3, -0.25) is 10.4 Å². The van der Waals surface area contributed by atoms with E-state index in [1.54, 1.807) is 25.3 Å². The summed E-state index contributed by atoms with van der Waals surface area (Å²) in [4.78, 5) is 26.9. The number of benzene rings is 2. The molecule has 1 aliphatic heterocycles. The first-order chi connectivity index (χ1) is 17.4. The zero-order chi connectivity index (χ0) is 25.2. The fourth-order valence-electron chi connectivity index (χ4n) is 4.43. The van der Waals surface area contributed by atoms with E-state index in [4.69, 9.17) is 33.3 Å². The van der Waals surface area contributed by atoms with Crippen LogP contribution in [0.5, 0.6) is 0 Å². The average Bonchev–Trinajstić information content (AvgIpc) is 3.06. The third kappa shape index (κ3) is 4.87. The molecule has 0 bridgehead atoms. The lowest BCUT2D eigenvalue weighted by molar-refractivity contribution is 0.150. The second-order valence-electron chi connectivity index (χ2n) is 8.58. The fraction of sp³-hybridized carbons (Fsp3) is 0.280. The Morgan fingerprint density at radius 1 is 1.14 bits per heavy atom. The highest BCUT2D eigenvalue weighted by Gasteiger charge is 2.16. The van der Waals surface area contributed by atoms with Crippen LogP contribution in [0.1, 0.15) is 11.1 Å². The van der Waals surface area contributed by atoms with Crippen molar-refractivity contribution in [3.63, 3.8) is 0 Å². The summed E-state index contributed by atoms with van der Waals surface area (Å²) in [5, 5.41) is 12.7. The van der Waals surface area contributed by atoms with Crippen molar-refractivity contribution in [1.29, 1.82) is 5.41 Å². The third-order valence-electron chi connectivity index (χ3n) is 6.33. The number of para-hydroxylation sites is 1. The topological polar surface area (TPSA) is 112 Å². The molecule has 0 atom stereocenters. The zero-order valence-electron chi connectivity index (χ0n) is 19.6. The van der Waals surface area contributed by atoms with Crippen molar-refractivity contribution in [2.45, 2.75) is 12.8 Å². The van der Waals surface area contributed by atoms with Crippen molar-refractivity contribution < 1.29 is 4.74 Å². The number of ether oxygens (including phenoxy) is 1. The Balaban J connectivity index is 1.42. The van der Waals surface area contributed by atoms with Crippen LogP contribution in [-0.4, -0.2) is 57.8 Å². The number of hydrogen-bond acceptors (Lipinski definition) is 7. The SMILES string of the molecule is COCCN1CCc2ccc(Nc3ncc4c(=N)n(-c5c(Cl)cccc5Cl)c(=O)[nH]c4n3)cc2CC1. The van der Waals surface area contributed by atoms with Crippen LogP contribution in [-0.2, 0) is 17.6 Å². The number of fused-ring (bicyclic) bond motifs is 2. The summed E-state index contributed by atoms with van der Waals surface area (Å²) in [6.45, 7) is 3.66. The van der Waals surface area contributed by atoms with Crippen LogP contribution in [0, 0.1) is 5.41 Å². The van der Waals surface area contributed by atoms with Gasteiger partial charge < -0.3 is 15.0 Å². The number of hydrogen-bond donors (Lipinski definition) is 3. The molecule has 3 N–H and O–H groups in total. The van der Waals surface area contributed by atoms with Crippen LogP contribution in [0.4, 0.5) is 11.6 Å². The fourth-order valence-corrected chi connectivity index (χ4v) is 4.99. The van der Waals surface area contributed by atoms with E-state index in [0.29, 0.717) is 11.3 Å². The Labute approximate surface area is 217 Å². The molecule has 0 radical (unpaired) electrons. The predicted molar refractivity (Wildman–Crippen MR) is 141 cm³/mol. The standard InChI is InChI=1S/C25H25Cl2N7O2/c1-36-12-11-33-9-7-15-5-6-17(13-16(15)8-10-33)30-24-29-14-18-22(28)34(25(35)32-23(18)31-24)21-19(26)3-2-4-20(21)27/h2-6,13-14,28H,7-12H2,1H3,(H2,29,30,31,32,35). The summed E-state index contributed by atoms with van der Waals surface area (Å²) in [5.74, 6) is 0.321. The monoisotopic (exact) mass is 525 g/mol. The van der Waals surface area contributed by atoms with Crippen LogP contribution in [0.15, 0.2) is 47.4 Å². The van der Waals surface area contributed by atoms with Gasteiger partial charge in [-0.2, -0.15) is 4.98 Å². The Kier molecular flexibility index (Phi) is 7.06. The average molecular weight is 526 g/mol. The van der Waals surface area contributed by atoms with Crippen LogP contribution in [0.2, 0.25) is 10.0 Å². The second kappa shape index (κ2) is 10.4. The van der Waals surface area contributed by atoms with Crippen LogP contribution in [0.25, 0.3) is 16.7 Å². The number of aromatic amines is 1. The first kappa shape index (κ1) is 24.5. The maximum absolute atomic E-state index is 12.9. The smallest absolute Gasteiger partial charge is 0.333 e. The maximum atomic E-state index is 12.9. The van der Waals surface area contributed by atoms with Gasteiger partial charge in [0.05, 0.1) is 27.7 Å². The highest BCUT2D eigenvalue weighted by atomic mass is 35.5. The van der Waals surface area contributed by atoms with Crippen molar-refractivity contribution in [2.75, 3.05) is 38.7 Å². The molecule has 5 rings (SSSR count). The Bertz CT molecular complexity index is 1530. The maximum Gasteiger partial charge on any atom is 0.333 e. The quantitative estimate of drug-likeness (QED) is 0.354. The van der Waals surface area contributed by atoms with Crippen molar-refractivity contribution in [1.82, 2.24) is 24.4 Å². The molecule has 186 valence electrons. The van der Waals surface area contributed by atoms with Gasteiger partial charge in [0.15, 0.2) is 5.65 Å². The van der Waals surface area contributed by atoms with Gasteiger partial charge in [0.25, 0.3) is 0 Å². The summed E-state index contributed by atoms with van der Waals surface area (Å²) in [7, 11) is 1.73. The molecular weight excluding hydrogens is 501 g/mol. The highest BCUT2D eigenvalue weighted by Crippen LogP contribution is 2.27. The molecule has 0 saturated heterocycles. The molecule has 3 heterocycles. The Hall–Kier alpha value is -3.24. The van der Waals surface area contributed by atoms with Gasteiger partial charge in [0.2, 0.25) is 5.95 Å². The molecule has 0 aliphatic carbocycles. The van der Waals surface area contributed by atoms with Gasteiger partial charge in [-0.15, -0.1) is 0 Å². The minimum atomic E-state index is -0.574. The zero-order valence-corrected chi connectivity index (χ0v) is 21.2. The molecular formula is C25H25Cl2N7O2. The van der Waals surface area contributed by atoms with Gasteiger partial charge in [0, 0.05) is 38.6 Å². The number of halogens is 2. The van der Waals surface area contributed by atoms with E-state index in [0.717, 1.165) is 49.3 Å². The van der Waals surface area contributed by atoms with Gasteiger partial charge in [-0.1, -0.05) is 35.3 Å². The third-order valence-corrected chi connectivity index (χ3v) is 6.94. The Morgan fingerprint density at radius 2 is 1.89 bits per heavy atom. The summed E-state index contributed by atoms with van der Waals surface area (Å²) in [5.41, 5.74) is 3.28. The van der Waals surface area contributed by atoms with Crippen LogP contribution >= 0.6 is 23.2 Å². The number of H-pyrrole nitrogens is 1. The van der Waals surface area contributed by atoms with Crippen molar-refractivity contribution in [3.8, 4) is 5.69 Å². The molecule has 2 aromatic carbocycles. The van der Waals surface area contributed by atoms with Gasteiger partial charge in [-0.05, 0) is 48.2 Å². The lowest BCUT2D eigenvalue weighted by Crippen LogP contribution is -2.34. The van der Waals surface area contributed by atoms with E-state index in [1.807, 2.05) is 6.07 Å². The minimum absolute atomic E-state index is 0.113. The largest absolute Gasteiger partial charge is 0.383 e. The summed E-state index contributed by atoms with van der Waals surface area (Å²) in [6.07, 6.45) is 3.45. The normalized spacial score (nSPS) is 14.0. The summed E-state index contributed by atoms with van der Waals surface area (Å²) in [6, 6.07) is 11.2. The van der Waals surface area contributed by atoms with E-state index in [1.165, 1.54) is 17.3 Å². The molecule has 0 fully saturated rings. The molecule has 0 saturated carbocycles. The molecule has 9 nitrogen and oxygen atoms in total. The second-order valence-corrected chi connectivity index (χ2v) is 9.40. The van der Waals surface area contributed by atoms with E-state index >= 15 is 0 Å². The lowest BCUT2D eigenvalue weighted by atomic mass is 10.0. The molecule has 1 aliphatic rings. The highest BCUT2D eigenvalue weighted by molar-refractivity contribution is 6.37. The summed E-state index contributed by atoms with van der Waals surface area (Å²) < 4.78 is 6.34. The van der Waals surface area contributed by atoms with Crippen molar-refractivity contribution in [2.24, 2.45) is 0 Å². The van der Waals surface area contributed by atoms with Gasteiger partial charge >= 0.3 is 5.69 Å². The van der Waals surface area contributed by atoms with Crippen molar-refractivity contribution >= 4 is 45.9 Å². The van der Waals surface area contributed by atoms with E-state index in [9.17, 15) is 4.79 Å². The molecule has 2 aromatic heterocycles. The predicted octanol–water partition coefficient (Wildman–Crippen LogP) is 3.69. The first-order valence-electron chi connectivity index (χ1n) is 11.6. The lowest BCUT2D eigenvalue weighted by Gasteiger charge is -2.18. The minimum Gasteiger partial charge on any atom is -0.383 e. The van der Waals surface area contributed by atoms with Gasteiger partial charge in [0.1, 0.15) is 5.49 Å². The number of nitrogens with zero attached hydrogens (tertiary/aromatic N) is 4. The summed E-state index contributed by atoms with van der Waals surface area (Å²) >= 11 is 12.5. The Morgan fingerprint density at radius 3 is 2.64 bits per heavy atom. The molecule has 0 amide bonds. The first-order valence-corrected chi connectivity index (χ1v) is 12.3. The van der Waals surface area contributed by atoms with Crippen molar-refractivity contribution in [3.05, 3.63) is 79.7 Å². The number of aromatic nitrogens is 4. The van der Waals surface area contributed by atoms with E-state index in [2.05, 4.69) is 37.3 Å². The molecule has 0 spiro atoms. The van der Waals surface area contributed by atoms with Gasteiger partial charge in [-0.25, -0.2) is 14.3 Å². The number of methoxy groups -OCH3 is 1. The van der Waals surface area contributed by atoms with E-state index < -0.39 is 5.69 Å². The van der Waals surface area contributed by atoms with Crippen LogP contribution in [0.3, 0.4) is 0 Å². The molecule has 4 aromatic rings. The molecule has 11 heteroatoms. The number of nitrogens with one attached hydrogen (secondary N) is 3. The molecule has 36 heavy (non-hydrogen) atoms. The van der Waals surface area contributed by atoms with Crippen LogP contribution < -0.4 is 16.5 Å². The number of rotatable bonds is 6. The number of anilines is 2. The molecule has 0 unspecified atom stereocenters. The van der Waals surface area contributed by atoms with E-state index in [-0.39, 0.29) is 26.9 Å².